The second kappa shape index (κ2) is 10.2. The zero-order chi connectivity index (χ0) is 24.2. The van der Waals surface area contributed by atoms with Gasteiger partial charge >= 0.3 is 5.97 Å². The third kappa shape index (κ3) is 5.14. The number of nitrogens with zero attached hydrogens (tertiary/aromatic N) is 6. The summed E-state index contributed by atoms with van der Waals surface area (Å²) in [7, 11) is 1.78. The van der Waals surface area contributed by atoms with E-state index in [1.54, 1.807) is 24.3 Å². The van der Waals surface area contributed by atoms with E-state index in [2.05, 4.69) is 14.8 Å². The molecule has 1 saturated carbocycles. The fraction of sp³-hybridized carbons (Fsp3) is 0.346. The zero-order valence-electron chi connectivity index (χ0n) is 19.7. The molecular formula is C26H28N6O3. The minimum Gasteiger partial charge on any atom is -0.480 e. The van der Waals surface area contributed by atoms with E-state index in [4.69, 9.17) is 19.7 Å². The number of hydrogen-bond acceptors (Lipinski definition) is 7. The van der Waals surface area contributed by atoms with Crippen molar-refractivity contribution in [2.75, 3.05) is 13.6 Å². The molecule has 1 N–H and O–H groups in total. The summed E-state index contributed by atoms with van der Waals surface area (Å²) in [5.41, 5.74) is 4.65. The van der Waals surface area contributed by atoms with Crippen molar-refractivity contribution < 1.29 is 14.4 Å². The van der Waals surface area contributed by atoms with Crippen LogP contribution in [0, 0.1) is 0 Å². The number of rotatable bonds is 8. The molecule has 1 fully saturated rings. The number of pyridine rings is 1. The van der Waals surface area contributed by atoms with Gasteiger partial charge in [-0.15, -0.1) is 0 Å². The Balaban J connectivity index is 1.42. The summed E-state index contributed by atoms with van der Waals surface area (Å²) < 4.78 is 7.82. The van der Waals surface area contributed by atoms with Crippen LogP contribution in [0.2, 0.25) is 0 Å². The third-order valence-corrected chi connectivity index (χ3v) is 6.40. The SMILES string of the molecule is CN(CC(=O)O)Cc1ccc(-c2noc(-c3cnn(C4CCCCC4)c3-c3ccncc3)n2)cc1. The van der Waals surface area contributed by atoms with E-state index in [0.29, 0.717) is 24.3 Å². The van der Waals surface area contributed by atoms with Gasteiger partial charge in [0.15, 0.2) is 0 Å². The molecular weight excluding hydrogens is 444 g/mol. The van der Waals surface area contributed by atoms with Crippen molar-refractivity contribution in [1.29, 1.82) is 0 Å². The lowest BCUT2D eigenvalue weighted by Crippen LogP contribution is -2.25. The molecule has 0 unspecified atom stereocenters. The lowest BCUT2D eigenvalue weighted by Gasteiger charge is -2.24. The highest BCUT2D eigenvalue weighted by atomic mass is 16.5. The van der Waals surface area contributed by atoms with Crippen molar-refractivity contribution in [2.24, 2.45) is 0 Å². The van der Waals surface area contributed by atoms with Gasteiger partial charge in [0.2, 0.25) is 5.82 Å². The van der Waals surface area contributed by atoms with Crippen LogP contribution in [-0.2, 0) is 11.3 Å². The Labute approximate surface area is 203 Å². The van der Waals surface area contributed by atoms with E-state index in [-0.39, 0.29) is 6.54 Å². The fourth-order valence-corrected chi connectivity index (χ4v) is 4.73. The molecule has 9 heteroatoms. The quantitative estimate of drug-likeness (QED) is 0.393. The Morgan fingerprint density at radius 1 is 1.09 bits per heavy atom. The summed E-state index contributed by atoms with van der Waals surface area (Å²) >= 11 is 0. The topological polar surface area (TPSA) is 110 Å². The Hall–Kier alpha value is -3.85. The molecule has 180 valence electrons. The number of benzene rings is 1. The minimum atomic E-state index is -0.846. The number of aromatic nitrogens is 5. The average molecular weight is 473 g/mol. The predicted octanol–water partition coefficient (Wildman–Crippen LogP) is 4.68. The van der Waals surface area contributed by atoms with E-state index < -0.39 is 5.97 Å². The first kappa shape index (κ1) is 22.9. The van der Waals surface area contributed by atoms with Crippen LogP contribution in [0.15, 0.2) is 59.5 Å². The van der Waals surface area contributed by atoms with Gasteiger partial charge in [-0.05, 0) is 37.6 Å². The molecule has 3 heterocycles. The number of carbonyl (C=O) groups is 1. The van der Waals surface area contributed by atoms with Crippen LogP contribution in [0.25, 0.3) is 34.1 Å². The summed E-state index contributed by atoms with van der Waals surface area (Å²) in [6, 6.07) is 12.1. The van der Waals surface area contributed by atoms with Crippen LogP contribution >= 0.6 is 0 Å². The zero-order valence-corrected chi connectivity index (χ0v) is 19.7. The smallest absolute Gasteiger partial charge is 0.317 e. The summed E-state index contributed by atoms with van der Waals surface area (Å²) in [4.78, 5) is 21.5. The van der Waals surface area contributed by atoms with Gasteiger partial charge in [0.05, 0.1) is 30.0 Å². The highest BCUT2D eigenvalue weighted by molar-refractivity contribution is 5.77. The van der Waals surface area contributed by atoms with E-state index in [0.717, 1.165) is 40.8 Å². The molecule has 1 aliphatic rings. The average Bonchev–Trinajstić information content (AvgIpc) is 3.53. The number of hydrogen-bond donors (Lipinski definition) is 1. The van der Waals surface area contributed by atoms with Gasteiger partial charge < -0.3 is 9.63 Å². The number of carboxylic acid groups (broad SMARTS) is 1. The maximum absolute atomic E-state index is 10.9. The maximum Gasteiger partial charge on any atom is 0.317 e. The molecule has 35 heavy (non-hydrogen) atoms. The molecule has 0 radical (unpaired) electrons. The van der Waals surface area contributed by atoms with Gasteiger partial charge in [0, 0.05) is 30.1 Å². The summed E-state index contributed by atoms with van der Waals surface area (Å²) in [5, 5.41) is 17.9. The summed E-state index contributed by atoms with van der Waals surface area (Å²) in [5.74, 6) is 0.0806. The van der Waals surface area contributed by atoms with E-state index in [1.165, 1.54) is 19.3 Å². The van der Waals surface area contributed by atoms with E-state index >= 15 is 0 Å². The molecule has 1 aliphatic carbocycles. The number of aliphatic carboxylic acids is 1. The van der Waals surface area contributed by atoms with Crippen molar-refractivity contribution in [3.8, 4) is 34.1 Å². The van der Waals surface area contributed by atoms with Crippen molar-refractivity contribution >= 4 is 5.97 Å². The largest absolute Gasteiger partial charge is 0.480 e. The molecule has 1 aromatic carbocycles. The van der Waals surface area contributed by atoms with Crippen molar-refractivity contribution in [2.45, 2.75) is 44.7 Å². The molecule has 9 nitrogen and oxygen atoms in total. The summed E-state index contributed by atoms with van der Waals surface area (Å²) in [6.07, 6.45) is 11.3. The van der Waals surface area contributed by atoms with Crippen LogP contribution < -0.4 is 0 Å². The molecule has 3 aromatic heterocycles. The molecule has 0 atom stereocenters. The van der Waals surface area contributed by atoms with Crippen LogP contribution in [0.3, 0.4) is 0 Å². The molecule has 4 aromatic rings. The van der Waals surface area contributed by atoms with Gasteiger partial charge in [-0.25, -0.2) is 0 Å². The third-order valence-electron chi connectivity index (χ3n) is 6.40. The first-order chi connectivity index (χ1) is 17.1. The van der Waals surface area contributed by atoms with Gasteiger partial charge in [0.1, 0.15) is 0 Å². The first-order valence-corrected chi connectivity index (χ1v) is 11.9. The van der Waals surface area contributed by atoms with Gasteiger partial charge in [-0.3, -0.25) is 19.4 Å². The first-order valence-electron chi connectivity index (χ1n) is 11.9. The Morgan fingerprint density at radius 3 is 2.54 bits per heavy atom. The van der Waals surface area contributed by atoms with E-state index in [1.807, 2.05) is 42.6 Å². The predicted molar refractivity (Wildman–Crippen MR) is 130 cm³/mol. The van der Waals surface area contributed by atoms with Crippen molar-refractivity contribution in [3.05, 3.63) is 60.6 Å². The Bertz CT molecular complexity index is 1280. The second-order valence-corrected chi connectivity index (χ2v) is 9.07. The summed E-state index contributed by atoms with van der Waals surface area (Å²) in [6.45, 7) is 0.532. The minimum absolute atomic E-state index is 0.00962. The number of carboxylic acids is 1. The Morgan fingerprint density at radius 2 is 1.83 bits per heavy atom. The van der Waals surface area contributed by atoms with E-state index in [9.17, 15) is 4.79 Å². The lowest BCUT2D eigenvalue weighted by atomic mass is 9.95. The van der Waals surface area contributed by atoms with Crippen LogP contribution in [0.5, 0.6) is 0 Å². The highest BCUT2D eigenvalue weighted by Gasteiger charge is 2.25. The molecule has 0 spiro atoms. The second-order valence-electron chi connectivity index (χ2n) is 9.07. The van der Waals surface area contributed by atoms with Gasteiger partial charge in [0.25, 0.3) is 5.89 Å². The molecule has 0 saturated heterocycles. The monoisotopic (exact) mass is 472 g/mol. The van der Waals surface area contributed by atoms with Crippen molar-refractivity contribution in [1.82, 2.24) is 29.8 Å². The molecule has 0 bridgehead atoms. The molecule has 0 amide bonds. The van der Waals surface area contributed by atoms with Gasteiger partial charge in [-0.1, -0.05) is 48.7 Å². The lowest BCUT2D eigenvalue weighted by molar-refractivity contribution is -0.138. The standard InChI is InChI=1S/C26H28N6O3/c1-31(17-23(33)34)16-18-7-9-20(10-8-18)25-29-26(35-30-25)22-15-28-32(21-5-3-2-4-6-21)24(22)19-11-13-27-14-12-19/h7-15,21H,2-6,16-17H2,1H3,(H,33,34). The molecule has 5 rings (SSSR count). The fourth-order valence-electron chi connectivity index (χ4n) is 4.73. The van der Waals surface area contributed by atoms with Crippen LogP contribution in [0.4, 0.5) is 0 Å². The maximum atomic E-state index is 10.9. The van der Waals surface area contributed by atoms with Crippen LogP contribution in [-0.4, -0.2) is 54.5 Å². The Kier molecular flexibility index (Phi) is 6.67. The molecule has 0 aliphatic heterocycles. The normalized spacial score (nSPS) is 14.5. The van der Waals surface area contributed by atoms with Crippen molar-refractivity contribution in [3.63, 3.8) is 0 Å². The van der Waals surface area contributed by atoms with Crippen LogP contribution in [0.1, 0.15) is 43.7 Å². The van der Waals surface area contributed by atoms with Gasteiger partial charge in [-0.2, -0.15) is 10.1 Å². The highest BCUT2D eigenvalue weighted by Crippen LogP contribution is 2.37. The number of likely N-dealkylation sites (N-methyl/N-ethyl adjacent to an activating group) is 1.